The minimum atomic E-state index is -0.685. The molecule has 0 spiro atoms. The highest BCUT2D eigenvalue weighted by Gasteiger charge is 2.23. The molecule has 6 aromatic carbocycles. The highest BCUT2D eigenvalue weighted by molar-refractivity contribution is 5.96. The van der Waals surface area contributed by atoms with E-state index in [-0.39, 0.29) is 45.3 Å². The summed E-state index contributed by atoms with van der Waals surface area (Å²) in [5, 5.41) is 0. The Hall–Kier alpha value is -8.00. The first-order valence-corrected chi connectivity index (χ1v) is 21.9. The van der Waals surface area contributed by atoms with E-state index in [9.17, 15) is 19.2 Å². The van der Waals surface area contributed by atoms with Gasteiger partial charge in [-0.2, -0.15) is 0 Å². The molecule has 0 aliphatic heterocycles. The fourth-order valence-electron chi connectivity index (χ4n) is 6.50. The Morgan fingerprint density at radius 1 is 0.368 bits per heavy atom. The second kappa shape index (κ2) is 23.4. The Bertz CT molecular complexity index is 2480. The van der Waals surface area contributed by atoms with E-state index in [2.05, 4.69) is 27.7 Å². The van der Waals surface area contributed by atoms with E-state index < -0.39 is 23.9 Å². The van der Waals surface area contributed by atoms with Crippen LogP contribution < -0.4 is 47.4 Å². The lowest BCUT2D eigenvalue weighted by Crippen LogP contribution is -2.12. The maximum Gasteiger partial charge on any atom is 0.347 e. The third-order valence-corrected chi connectivity index (χ3v) is 10.4. The number of hydrogen-bond acceptors (Lipinski definition) is 14. The summed E-state index contributed by atoms with van der Waals surface area (Å²) in [6.07, 6.45) is 1.69. The van der Waals surface area contributed by atoms with Gasteiger partial charge in [-0.25, -0.2) is 19.2 Å². The summed E-state index contributed by atoms with van der Waals surface area (Å²) in [7, 11) is 5.86. The second-order valence-corrected chi connectivity index (χ2v) is 16.1. The number of carbonyl (C=O) groups is 4. The van der Waals surface area contributed by atoms with Crippen molar-refractivity contribution >= 4 is 23.9 Å². The van der Waals surface area contributed by atoms with Crippen LogP contribution in [0.5, 0.6) is 57.5 Å². The molecule has 14 heteroatoms. The number of methoxy groups -OCH3 is 4. The van der Waals surface area contributed by atoms with Gasteiger partial charge >= 0.3 is 23.9 Å². The molecule has 0 aliphatic carbocycles. The zero-order chi connectivity index (χ0) is 48.7. The molecular weight excluding hydrogens is 873 g/mol. The Labute approximate surface area is 395 Å². The van der Waals surface area contributed by atoms with Gasteiger partial charge in [0.2, 0.25) is 0 Å². The zero-order valence-electron chi connectivity index (χ0n) is 39.2. The van der Waals surface area contributed by atoms with Crippen LogP contribution in [0.3, 0.4) is 0 Å². The molecule has 354 valence electrons. The maximum absolute atomic E-state index is 13.2. The van der Waals surface area contributed by atoms with E-state index in [1.807, 2.05) is 0 Å². The Balaban J connectivity index is 0.994. The second-order valence-electron chi connectivity index (χ2n) is 16.1. The lowest BCUT2D eigenvalue weighted by Gasteiger charge is -2.15. The zero-order valence-corrected chi connectivity index (χ0v) is 39.2. The van der Waals surface area contributed by atoms with Gasteiger partial charge in [-0.15, -0.1) is 0 Å². The van der Waals surface area contributed by atoms with Gasteiger partial charge in [-0.1, -0.05) is 52.0 Å². The van der Waals surface area contributed by atoms with Gasteiger partial charge in [0.15, 0.2) is 23.0 Å². The van der Waals surface area contributed by atoms with E-state index in [1.54, 1.807) is 60.7 Å². The number of ether oxygens (including phenoxy) is 10. The first-order chi connectivity index (χ1) is 32.8. The number of hydrogen-bond donors (Lipinski definition) is 0. The van der Waals surface area contributed by atoms with Gasteiger partial charge in [-0.05, 0) is 109 Å². The summed E-state index contributed by atoms with van der Waals surface area (Å²) in [6.45, 7) is 9.35. The van der Waals surface area contributed by atoms with Gasteiger partial charge in [-0.3, -0.25) is 0 Å². The molecule has 0 unspecified atom stereocenters. The molecule has 0 aliphatic rings. The highest BCUT2D eigenvalue weighted by Crippen LogP contribution is 2.37. The fraction of sp³-hybridized carbons (Fsp3) is 0.259. The molecule has 0 bridgehead atoms. The summed E-state index contributed by atoms with van der Waals surface area (Å²) in [4.78, 5) is 52.4. The summed E-state index contributed by atoms with van der Waals surface area (Å²) in [5.74, 6) is 1.50. The van der Waals surface area contributed by atoms with Crippen molar-refractivity contribution in [2.45, 2.75) is 40.5 Å². The number of carbonyl (C=O) groups excluding carboxylic acids is 4. The van der Waals surface area contributed by atoms with Crippen LogP contribution in [-0.2, 0) is 0 Å². The Morgan fingerprint density at radius 2 is 0.662 bits per heavy atom. The Morgan fingerprint density at radius 3 is 0.956 bits per heavy atom. The lowest BCUT2D eigenvalue weighted by molar-refractivity contribution is 0.0717. The fourth-order valence-corrected chi connectivity index (χ4v) is 6.50. The molecule has 0 fully saturated rings. The highest BCUT2D eigenvalue weighted by atomic mass is 16.6. The standard InChI is InChI=1S/C54H54O14/c1-33(2)25-27-63-49-31-45(59-5)43(29-47(49)61-7)53(57)67-41-21-13-37(14-22-41)51(55)65-39-17-9-35(10-18-39)36-11-19-40(20-12-36)66-52(56)38-15-23-42(24-16-38)68-54(58)44-30-48(62-8)50(32-46(44)60-6)64-28-26-34(3)4/h9-24,29-34H,25-28H2,1-8H3. The SMILES string of the molecule is COc1cc(C(=O)Oc2ccc(C(=O)Oc3ccc(-c4ccc(OC(=O)c5ccc(OC(=O)c6cc(OC)c(OCCC(C)C)cc6OC)cc5)cc4)cc3)cc2)c(OC)cc1OCCC(C)C. The molecule has 0 heterocycles. The molecule has 0 atom stereocenters. The van der Waals surface area contributed by atoms with Crippen molar-refractivity contribution in [3.63, 3.8) is 0 Å². The van der Waals surface area contributed by atoms with Crippen LogP contribution in [0.2, 0.25) is 0 Å². The quantitative estimate of drug-likeness (QED) is 0.0495. The molecule has 68 heavy (non-hydrogen) atoms. The molecule has 0 saturated carbocycles. The van der Waals surface area contributed by atoms with Crippen LogP contribution >= 0.6 is 0 Å². The maximum atomic E-state index is 13.2. The van der Waals surface area contributed by atoms with Crippen LogP contribution in [0.1, 0.15) is 82.0 Å². The van der Waals surface area contributed by atoms with Crippen LogP contribution in [0, 0.1) is 11.8 Å². The Kier molecular flexibility index (Phi) is 17.0. The third-order valence-electron chi connectivity index (χ3n) is 10.4. The smallest absolute Gasteiger partial charge is 0.347 e. The molecule has 6 rings (SSSR count). The van der Waals surface area contributed by atoms with E-state index in [0.29, 0.717) is 59.5 Å². The number of esters is 4. The van der Waals surface area contributed by atoms with Gasteiger partial charge < -0.3 is 47.4 Å². The molecule has 14 nitrogen and oxygen atoms in total. The van der Waals surface area contributed by atoms with Crippen molar-refractivity contribution in [1.29, 1.82) is 0 Å². The minimum absolute atomic E-state index is 0.139. The van der Waals surface area contributed by atoms with E-state index in [1.165, 1.54) is 89.1 Å². The van der Waals surface area contributed by atoms with E-state index >= 15 is 0 Å². The summed E-state index contributed by atoms with van der Waals surface area (Å²) >= 11 is 0. The summed E-state index contributed by atoms with van der Waals surface area (Å²) in [6, 6.07) is 31.9. The monoisotopic (exact) mass is 926 g/mol. The summed E-state index contributed by atoms with van der Waals surface area (Å²) in [5.41, 5.74) is 2.40. The average Bonchev–Trinajstić information content (AvgIpc) is 3.34. The van der Waals surface area contributed by atoms with E-state index in [0.717, 1.165) is 24.0 Å². The van der Waals surface area contributed by atoms with Crippen LogP contribution in [0.15, 0.2) is 121 Å². The van der Waals surface area contributed by atoms with Crippen molar-refractivity contribution in [2.24, 2.45) is 11.8 Å². The molecular formula is C54H54O14. The largest absolute Gasteiger partial charge is 0.496 e. The third kappa shape index (κ3) is 13.1. The van der Waals surface area contributed by atoms with Crippen LogP contribution in [-0.4, -0.2) is 65.5 Å². The van der Waals surface area contributed by atoms with Gasteiger partial charge in [0.1, 0.15) is 45.6 Å². The molecule has 0 amide bonds. The van der Waals surface area contributed by atoms with Crippen molar-refractivity contribution in [3.8, 4) is 68.6 Å². The first-order valence-electron chi connectivity index (χ1n) is 21.9. The predicted molar refractivity (Wildman–Crippen MR) is 254 cm³/mol. The van der Waals surface area contributed by atoms with Crippen molar-refractivity contribution < 1.29 is 66.5 Å². The first kappa shape index (κ1) is 49.4. The van der Waals surface area contributed by atoms with Crippen LogP contribution in [0.25, 0.3) is 11.1 Å². The van der Waals surface area contributed by atoms with Gasteiger partial charge in [0.05, 0.1) is 52.8 Å². The van der Waals surface area contributed by atoms with Gasteiger partial charge in [0, 0.05) is 24.3 Å². The lowest BCUT2D eigenvalue weighted by atomic mass is 10.1. The topological polar surface area (TPSA) is 161 Å². The van der Waals surface area contributed by atoms with Crippen molar-refractivity contribution in [1.82, 2.24) is 0 Å². The molecule has 6 aromatic rings. The molecule has 0 saturated heterocycles. The normalized spacial score (nSPS) is 10.8. The van der Waals surface area contributed by atoms with Gasteiger partial charge in [0.25, 0.3) is 0 Å². The number of rotatable bonds is 21. The average molecular weight is 927 g/mol. The van der Waals surface area contributed by atoms with E-state index in [4.69, 9.17) is 47.4 Å². The van der Waals surface area contributed by atoms with Crippen LogP contribution in [0.4, 0.5) is 0 Å². The minimum Gasteiger partial charge on any atom is -0.496 e. The molecule has 0 N–H and O–H groups in total. The number of benzene rings is 6. The molecule has 0 aromatic heterocycles. The van der Waals surface area contributed by atoms with Crippen molar-refractivity contribution in [3.05, 3.63) is 144 Å². The predicted octanol–water partition coefficient (Wildman–Crippen LogP) is 11.1. The van der Waals surface area contributed by atoms with Crippen molar-refractivity contribution in [2.75, 3.05) is 41.7 Å². The molecule has 0 radical (unpaired) electrons. The summed E-state index contributed by atoms with van der Waals surface area (Å²) < 4.78 is 55.9.